The fourth-order valence-electron chi connectivity index (χ4n) is 3.58. The molecule has 2 aliphatic carbocycles. The first-order valence-corrected chi connectivity index (χ1v) is 9.30. The topological polar surface area (TPSA) is 74.3 Å². The van der Waals surface area contributed by atoms with E-state index in [1.54, 1.807) is 54.6 Å². The lowest BCUT2D eigenvalue weighted by molar-refractivity contribution is -0.244. The molecule has 0 amide bonds. The van der Waals surface area contributed by atoms with E-state index in [-0.39, 0.29) is 47.1 Å². The van der Waals surface area contributed by atoms with Gasteiger partial charge in [0.15, 0.2) is 17.3 Å². The van der Waals surface area contributed by atoms with Crippen LogP contribution in [0.25, 0.3) is 5.76 Å². The Balaban J connectivity index is 1.54. The van der Waals surface area contributed by atoms with Gasteiger partial charge in [0.2, 0.25) is 0 Å². The van der Waals surface area contributed by atoms with Crippen LogP contribution in [0, 0.1) is 0 Å². The molecule has 0 saturated heterocycles. The first-order valence-electron chi connectivity index (χ1n) is 9.30. The van der Waals surface area contributed by atoms with Crippen molar-refractivity contribution < 1.29 is 19.5 Å². The Bertz CT molecular complexity index is 1160. The van der Waals surface area contributed by atoms with Gasteiger partial charge in [-0.2, -0.15) is 0 Å². The minimum atomic E-state index is -0.283. The molecule has 0 aromatic heterocycles. The van der Waals surface area contributed by atoms with Crippen molar-refractivity contribution in [3.05, 3.63) is 112 Å². The lowest BCUT2D eigenvalue weighted by atomic mass is 9.86. The van der Waals surface area contributed by atoms with Gasteiger partial charge in [0, 0.05) is 24.0 Å². The van der Waals surface area contributed by atoms with Crippen molar-refractivity contribution in [2.75, 3.05) is 0 Å². The third-order valence-electron chi connectivity index (χ3n) is 5.06. The van der Waals surface area contributed by atoms with Gasteiger partial charge in [-0.1, -0.05) is 78.6 Å². The zero-order chi connectivity index (χ0) is 20.4. The Kier molecular flexibility index (Phi) is 4.92. The molecule has 29 heavy (non-hydrogen) atoms. The number of carbonyl (C=O) groups excluding carboxylic acids is 3. The van der Waals surface area contributed by atoms with Crippen LogP contribution in [-0.4, -0.2) is 17.3 Å². The molecule has 0 unspecified atom stereocenters. The molecule has 142 valence electrons. The van der Waals surface area contributed by atoms with Gasteiger partial charge >= 0.3 is 0 Å². The molecule has 0 N–H and O–H groups in total. The Hall–Kier alpha value is -3.79. The number of fused-ring (bicyclic) bond motifs is 2. The number of benzene rings is 2. The van der Waals surface area contributed by atoms with Gasteiger partial charge in [-0.3, -0.25) is 14.4 Å². The van der Waals surface area contributed by atoms with Crippen LogP contribution in [0.5, 0.6) is 0 Å². The van der Waals surface area contributed by atoms with Crippen molar-refractivity contribution in [2.45, 2.75) is 12.8 Å². The highest BCUT2D eigenvalue weighted by molar-refractivity contribution is 6.29. The molecule has 0 radical (unpaired) electrons. The molecule has 4 heteroatoms. The Labute approximate surface area is 168 Å². The lowest BCUT2D eigenvalue weighted by Crippen LogP contribution is -2.23. The summed E-state index contributed by atoms with van der Waals surface area (Å²) >= 11 is 0. The van der Waals surface area contributed by atoms with E-state index >= 15 is 0 Å². The van der Waals surface area contributed by atoms with E-state index in [1.165, 1.54) is 12.2 Å². The fourth-order valence-corrected chi connectivity index (χ4v) is 3.58. The number of ketones is 3. The highest BCUT2D eigenvalue weighted by Gasteiger charge is 2.27. The van der Waals surface area contributed by atoms with Gasteiger partial charge in [0.05, 0.1) is 5.57 Å². The zero-order valence-electron chi connectivity index (χ0n) is 15.6. The minimum Gasteiger partial charge on any atom is -0.872 e. The smallest absolute Gasteiger partial charge is 0.196 e. The Morgan fingerprint density at radius 3 is 2.10 bits per heavy atom. The maximum absolute atomic E-state index is 12.5. The van der Waals surface area contributed by atoms with E-state index in [0.717, 1.165) is 11.1 Å². The standard InChI is InChI=1S/C25H18O4/c26-22-14-16-8-4-6-10-18(16)24(28)20(22)12-2-1-3-13-21-23(27)15-17-9-5-7-11-19(17)25(21)29/h1-13,28H,14-15H2/p-1. The summed E-state index contributed by atoms with van der Waals surface area (Å²) in [5, 5.41) is 12.5. The van der Waals surface area contributed by atoms with Crippen LogP contribution in [0.3, 0.4) is 0 Å². The van der Waals surface area contributed by atoms with E-state index in [9.17, 15) is 19.5 Å². The number of Topliss-reactive ketones (excluding diaryl/α,β-unsaturated/α-hetero) is 3. The van der Waals surface area contributed by atoms with Gasteiger partial charge in [-0.15, -0.1) is 0 Å². The molecule has 0 heterocycles. The summed E-state index contributed by atoms with van der Waals surface area (Å²) < 4.78 is 0. The number of hydrogen-bond acceptors (Lipinski definition) is 4. The van der Waals surface area contributed by atoms with Gasteiger partial charge in [-0.25, -0.2) is 0 Å². The Morgan fingerprint density at radius 1 is 0.724 bits per heavy atom. The van der Waals surface area contributed by atoms with E-state index in [0.29, 0.717) is 11.1 Å². The molecular weight excluding hydrogens is 364 g/mol. The van der Waals surface area contributed by atoms with Crippen LogP contribution >= 0.6 is 0 Å². The molecule has 0 saturated carbocycles. The van der Waals surface area contributed by atoms with Crippen LogP contribution in [0.1, 0.15) is 27.0 Å². The van der Waals surface area contributed by atoms with Crippen LogP contribution < -0.4 is 5.11 Å². The SMILES string of the molecule is O=C1Cc2ccccc2C(=O)C1=CC=CC=CC1=C([O-])c2ccccc2CC1=O. The lowest BCUT2D eigenvalue weighted by Gasteiger charge is -2.24. The maximum atomic E-state index is 12.5. The van der Waals surface area contributed by atoms with Crippen molar-refractivity contribution in [3.8, 4) is 0 Å². The Morgan fingerprint density at radius 2 is 1.34 bits per heavy atom. The fraction of sp³-hybridized carbons (Fsp3) is 0.0800. The number of rotatable bonds is 3. The molecule has 4 nitrogen and oxygen atoms in total. The van der Waals surface area contributed by atoms with Gasteiger partial charge in [0.1, 0.15) is 0 Å². The summed E-state index contributed by atoms with van der Waals surface area (Å²) in [6.45, 7) is 0. The molecule has 0 bridgehead atoms. The zero-order valence-corrected chi connectivity index (χ0v) is 15.6. The molecule has 0 spiro atoms. The number of carbonyl (C=O) groups is 3. The van der Waals surface area contributed by atoms with Crippen molar-refractivity contribution in [3.63, 3.8) is 0 Å². The quantitative estimate of drug-likeness (QED) is 0.465. The monoisotopic (exact) mass is 381 g/mol. The number of hydrogen-bond donors (Lipinski definition) is 0. The third-order valence-corrected chi connectivity index (χ3v) is 5.06. The van der Waals surface area contributed by atoms with Gasteiger partial charge in [-0.05, 0) is 22.8 Å². The molecule has 2 aromatic carbocycles. The summed E-state index contributed by atoms with van der Waals surface area (Å²) in [6, 6.07) is 14.2. The third kappa shape index (κ3) is 3.52. The summed E-state index contributed by atoms with van der Waals surface area (Å²) in [6.07, 6.45) is 8.12. The average molecular weight is 381 g/mol. The van der Waals surface area contributed by atoms with Crippen LogP contribution in [-0.2, 0) is 22.4 Å². The van der Waals surface area contributed by atoms with Crippen molar-refractivity contribution in [1.82, 2.24) is 0 Å². The second-order valence-corrected chi connectivity index (χ2v) is 6.91. The van der Waals surface area contributed by atoms with Crippen molar-refractivity contribution in [2.24, 2.45) is 0 Å². The van der Waals surface area contributed by atoms with E-state index in [2.05, 4.69) is 0 Å². The predicted octanol–water partition coefficient (Wildman–Crippen LogP) is 2.93. The molecule has 2 aliphatic rings. The highest BCUT2D eigenvalue weighted by atomic mass is 16.3. The van der Waals surface area contributed by atoms with Crippen LogP contribution in [0.15, 0.2) is 90.1 Å². The first kappa shape index (κ1) is 18.6. The second-order valence-electron chi connectivity index (χ2n) is 6.91. The normalized spacial score (nSPS) is 18.1. The molecule has 0 aliphatic heterocycles. The first-order chi connectivity index (χ1) is 14.1. The van der Waals surface area contributed by atoms with Crippen LogP contribution in [0.4, 0.5) is 0 Å². The van der Waals surface area contributed by atoms with E-state index in [1.807, 2.05) is 12.1 Å². The molecule has 4 rings (SSSR count). The minimum absolute atomic E-state index is 0.139. The van der Waals surface area contributed by atoms with Crippen molar-refractivity contribution >= 4 is 23.1 Å². The number of allylic oxidation sites excluding steroid dienone is 7. The van der Waals surface area contributed by atoms with Crippen molar-refractivity contribution in [1.29, 1.82) is 0 Å². The predicted molar refractivity (Wildman–Crippen MR) is 108 cm³/mol. The van der Waals surface area contributed by atoms with Gasteiger partial charge in [0.25, 0.3) is 0 Å². The summed E-state index contributed by atoms with van der Waals surface area (Å²) in [4.78, 5) is 37.0. The highest BCUT2D eigenvalue weighted by Crippen LogP contribution is 2.26. The molecule has 0 atom stereocenters. The maximum Gasteiger partial charge on any atom is 0.196 e. The summed E-state index contributed by atoms with van der Waals surface area (Å²) in [5.41, 5.74) is 2.87. The molecule has 0 fully saturated rings. The molecule has 2 aromatic rings. The second kappa shape index (κ2) is 7.68. The largest absolute Gasteiger partial charge is 0.872 e. The van der Waals surface area contributed by atoms with Crippen LogP contribution in [0.2, 0.25) is 0 Å². The van der Waals surface area contributed by atoms with E-state index in [4.69, 9.17) is 0 Å². The molecular formula is C25H17O4-. The summed E-state index contributed by atoms with van der Waals surface area (Å²) in [7, 11) is 0. The van der Waals surface area contributed by atoms with Gasteiger partial charge < -0.3 is 5.11 Å². The summed E-state index contributed by atoms with van der Waals surface area (Å²) in [5.74, 6) is -1.000. The average Bonchev–Trinajstić information content (AvgIpc) is 2.72. The van der Waals surface area contributed by atoms with E-state index < -0.39 is 0 Å².